The summed E-state index contributed by atoms with van der Waals surface area (Å²) in [4.78, 5) is 39.8. The number of nitrogens with zero attached hydrogens (tertiary/aromatic N) is 2. The number of carbonyl (C=O) groups excluding carboxylic acids is 3. The largest absolute Gasteiger partial charge is 0.489 e. The molecule has 0 aliphatic carbocycles. The molecule has 8 nitrogen and oxygen atoms in total. The van der Waals surface area contributed by atoms with Crippen molar-refractivity contribution in [2.24, 2.45) is 0 Å². The molecule has 0 spiro atoms. The minimum atomic E-state index is -0.442. The lowest BCUT2D eigenvalue weighted by Crippen LogP contribution is -2.52. The summed E-state index contributed by atoms with van der Waals surface area (Å²) in [6.45, 7) is 5.87. The number of ether oxygens (including phenoxy) is 2. The Morgan fingerprint density at radius 3 is 2.57 bits per heavy atom. The van der Waals surface area contributed by atoms with E-state index in [4.69, 9.17) is 9.47 Å². The Bertz CT molecular complexity index is 1070. The van der Waals surface area contributed by atoms with Crippen molar-refractivity contribution in [1.29, 1.82) is 0 Å². The maximum atomic E-state index is 13.1. The van der Waals surface area contributed by atoms with Crippen LogP contribution in [0.2, 0.25) is 0 Å². The van der Waals surface area contributed by atoms with Crippen molar-refractivity contribution in [3.05, 3.63) is 64.7 Å². The fourth-order valence-electron chi connectivity index (χ4n) is 5.11. The maximum Gasteiger partial charge on any atom is 0.254 e. The number of nitrogens with one attached hydrogen (secondary N) is 1. The van der Waals surface area contributed by atoms with E-state index in [2.05, 4.69) is 34.5 Å². The first kappa shape index (κ1) is 23.7. The summed E-state index contributed by atoms with van der Waals surface area (Å²) in [7, 11) is 0. The highest BCUT2D eigenvalue weighted by Crippen LogP contribution is 2.34. The van der Waals surface area contributed by atoms with Crippen LogP contribution in [-0.4, -0.2) is 72.7 Å². The van der Waals surface area contributed by atoms with Gasteiger partial charge in [-0.15, -0.1) is 0 Å². The molecular weight excluding hydrogens is 446 g/mol. The quantitative estimate of drug-likeness (QED) is 0.459. The van der Waals surface area contributed by atoms with E-state index < -0.39 is 11.8 Å². The molecule has 0 radical (unpaired) electrons. The number of rotatable bonds is 8. The Balaban J connectivity index is 1.19. The number of aldehydes is 1. The van der Waals surface area contributed by atoms with Crippen LogP contribution in [0, 0.1) is 0 Å². The molecule has 2 unspecified atom stereocenters. The van der Waals surface area contributed by atoms with Crippen LogP contribution < -0.4 is 10.1 Å². The molecule has 35 heavy (non-hydrogen) atoms. The minimum Gasteiger partial charge on any atom is -0.489 e. The third-order valence-electron chi connectivity index (χ3n) is 7.17. The van der Waals surface area contributed by atoms with Crippen molar-refractivity contribution >= 4 is 18.0 Å². The number of Topliss-reactive ketones (excluding diaryl/α,β-unsaturated/α-hetero) is 1. The molecule has 3 aliphatic rings. The van der Waals surface area contributed by atoms with Gasteiger partial charge in [0.05, 0.1) is 25.8 Å². The van der Waals surface area contributed by atoms with Gasteiger partial charge in [-0.3, -0.25) is 19.3 Å². The van der Waals surface area contributed by atoms with E-state index in [1.54, 1.807) is 0 Å². The van der Waals surface area contributed by atoms with Crippen molar-refractivity contribution in [3.63, 3.8) is 0 Å². The van der Waals surface area contributed by atoms with E-state index in [0.29, 0.717) is 44.4 Å². The predicted molar refractivity (Wildman–Crippen MR) is 129 cm³/mol. The van der Waals surface area contributed by atoms with Gasteiger partial charge >= 0.3 is 0 Å². The molecule has 0 bridgehead atoms. The Kier molecular flexibility index (Phi) is 7.22. The number of hydrogen-bond donors (Lipinski definition) is 1. The van der Waals surface area contributed by atoms with Gasteiger partial charge in [-0.2, -0.15) is 0 Å². The van der Waals surface area contributed by atoms with Crippen LogP contribution in [0.25, 0.3) is 0 Å². The fourth-order valence-corrected chi connectivity index (χ4v) is 5.11. The summed E-state index contributed by atoms with van der Waals surface area (Å²) in [5.74, 6) is 0.294. The summed E-state index contributed by atoms with van der Waals surface area (Å²) in [6.07, 6.45) is 1.60. The highest BCUT2D eigenvalue weighted by molar-refractivity contribution is 6.27. The first-order valence-electron chi connectivity index (χ1n) is 12.3. The van der Waals surface area contributed by atoms with Gasteiger partial charge in [0.1, 0.15) is 12.4 Å². The van der Waals surface area contributed by atoms with E-state index in [1.807, 2.05) is 23.1 Å². The highest BCUT2D eigenvalue weighted by atomic mass is 16.5. The number of hydrogen-bond acceptors (Lipinski definition) is 7. The van der Waals surface area contributed by atoms with Gasteiger partial charge in [-0.25, -0.2) is 0 Å². The van der Waals surface area contributed by atoms with Gasteiger partial charge in [0.25, 0.3) is 5.91 Å². The number of piperidine rings is 1. The van der Waals surface area contributed by atoms with Gasteiger partial charge in [-0.1, -0.05) is 30.3 Å². The first-order chi connectivity index (χ1) is 17.1. The van der Waals surface area contributed by atoms with Gasteiger partial charge in [0.15, 0.2) is 6.29 Å². The molecule has 0 saturated carbocycles. The number of morpholine rings is 1. The molecule has 2 atom stereocenters. The summed E-state index contributed by atoms with van der Waals surface area (Å²) in [6, 6.07) is 13.7. The molecule has 1 amide bonds. The normalized spacial score (nSPS) is 22.6. The second-order valence-electron chi connectivity index (χ2n) is 9.42. The van der Waals surface area contributed by atoms with Crippen molar-refractivity contribution in [2.45, 2.75) is 44.6 Å². The lowest BCUT2D eigenvalue weighted by molar-refractivity contribution is -0.131. The van der Waals surface area contributed by atoms with Gasteiger partial charge in [0, 0.05) is 43.3 Å². The number of fused-ring (bicyclic) bond motifs is 1. The van der Waals surface area contributed by atoms with Crippen LogP contribution in [0.3, 0.4) is 0 Å². The first-order valence-corrected chi connectivity index (χ1v) is 12.3. The number of ketones is 1. The Morgan fingerprint density at radius 1 is 1.09 bits per heavy atom. The average molecular weight is 478 g/mol. The molecule has 2 saturated heterocycles. The van der Waals surface area contributed by atoms with Crippen LogP contribution >= 0.6 is 0 Å². The molecule has 184 valence electrons. The molecule has 0 aromatic heterocycles. The van der Waals surface area contributed by atoms with Crippen LogP contribution in [-0.2, 0) is 34.0 Å². The van der Waals surface area contributed by atoms with Crippen molar-refractivity contribution in [1.82, 2.24) is 15.1 Å². The second-order valence-corrected chi connectivity index (χ2v) is 9.42. The zero-order valence-electron chi connectivity index (χ0n) is 19.8. The topological polar surface area (TPSA) is 88.2 Å². The third kappa shape index (κ3) is 5.29. The molecule has 5 rings (SSSR count). The van der Waals surface area contributed by atoms with E-state index in [0.717, 1.165) is 49.7 Å². The lowest BCUT2D eigenvalue weighted by atomic mass is 9.97. The van der Waals surface area contributed by atoms with E-state index in [1.165, 1.54) is 5.56 Å². The van der Waals surface area contributed by atoms with Crippen LogP contribution in [0.1, 0.15) is 39.9 Å². The molecule has 8 heteroatoms. The smallest absolute Gasteiger partial charge is 0.254 e. The van der Waals surface area contributed by atoms with Crippen molar-refractivity contribution < 1.29 is 23.9 Å². The summed E-state index contributed by atoms with van der Waals surface area (Å²) in [5, 5.41) is 3.12. The van der Waals surface area contributed by atoms with E-state index in [-0.39, 0.29) is 11.9 Å². The summed E-state index contributed by atoms with van der Waals surface area (Å²) in [5.41, 5.74) is 3.94. The van der Waals surface area contributed by atoms with E-state index in [9.17, 15) is 14.4 Å². The van der Waals surface area contributed by atoms with Crippen LogP contribution in [0.15, 0.2) is 42.5 Å². The van der Waals surface area contributed by atoms with Gasteiger partial charge in [-0.05, 0) is 36.1 Å². The van der Waals surface area contributed by atoms with Crippen molar-refractivity contribution in [2.75, 3.05) is 32.8 Å². The standard InChI is InChI=1S/C27H31N3O5/c31-17-25(32)24-9-8-21(14-28-24)30-16-23-22(27(30)33)2-1-3-26(23)35-18-20-6-4-19(5-7-20)15-29-10-12-34-13-11-29/h1-7,17,21,24,28H,8-16,18H2. The molecule has 2 aromatic carbocycles. The molecule has 3 heterocycles. The SMILES string of the molecule is O=CC(=O)C1CCC(N2Cc3c(OCc4ccc(CN5CCOCC5)cc4)cccc3C2=O)CN1. The number of amides is 1. The monoisotopic (exact) mass is 477 g/mol. The summed E-state index contributed by atoms with van der Waals surface area (Å²) < 4.78 is 11.6. The van der Waals surface area contributed by atoms with Crippen LogP contribution in [0.4, 0.5) is 0 Å². The highest BCUT2D eigenvalue weighted by Gasteiger charge is 2.37. The summed E-state index contributed by atoms with van der Waals surface area (Å²) >= 11 is 0. The maximum absolute atomic E-state index is 13.1. The zero-order valence-corrected chi connectivity index (χ0v) is 19.8. The van der Waals surface area contributed by atoms with Gasteiger partial charge < -0.3 is 19.7 Å². The predicted octanol–water partition coefficient (Wildman–Crippen LogP) is 1.94. The lowest BCUT2D eigenvalue weighted by Gasteiger charge is -2.34. The molecule has 1 N–H and O–H groups in total. The van der Waals surface area contributed by atoms with Gasteiger partial charge in [0.2, 0.25) is 5.78 Å². The Hall–Kier alpha value is -3.07. The Labute approximate surface area is 205 Å². The number of benzene rings is 2. The minimum absolute atomic E-state index is 0.00937. The molecule has 3 aliphatic heterocycles. The third-order valence-corrected chi connectivity index (χ3v) is 7.17. The second kappa shape index (κ2) is 10.7. The fraction of sp³-hybridized carbons (Fsp3) is 0.444. The van der Waals surface area contributed by atoms with Crippen molar-refractivity contribution in [3.8, 4) is 5.75 Å². The van der Waals surface area contributed by atoms with Crippen LogP contribution in [0.5, 0.6) is 5.75 Å². The molecule has 2 fully saturated rings. The Morgan fingerprint density at radius 2 is 1.86 bits per heavy atom. The number of carbonyl (C=O) groups is 3. The molecular formula is C27H31N3O5. The average Bonchev–Trinajstić information content (AvgIpc) is 3.25. The van der Waals surface area contributed by atoms with E-state index >= 15 is 0 Å². The zero-order chi connectivity index (χ0) is 24.2. The molecule has 2 aromatic rings.